The molecule has 1 unspecified atom stereocenters. The summed E-state index contributed by atoms with van der Waals surface area (Å²) in [6.07, 6.45) is -0.404. The molecular formula is C23H26N4O3S. The topological polar surface area (TPSA) is 55.9 Å². The number of hydrogen-bond donors (Lipinski definition) is 0. The normalized spacial score (nSPS) is 18.9. The van der Waals surface area contributed by atoms with Crippen LogP contribution in [0.4, 0.5) is 5.69 Å². The van der Waals surface area contributed by atoms with E-state index in [2.05, 4.69) is 46.9 Å². The van der Waals surface area contributed by atoms with Crippen LogP contribution >= 0.6 is 12.2 Å². The number of rotatable bonds is 4. The molecule has 162 valence electrons. The van der Waals surface area contributed by atoms with Crippen LogP contribution in [0.3, 0.4) is 0 Å². The van der Waals surface area contributed by atoms with Crippen molar-refractivity contribution in [3.05, 3.63) is 64.3 Å². The van der Waals surface area contributed by atoms with E-state index in [1.54, 1.807) is 4.68 Å². The van der Waals surface area contributed by atoms with Crippen LogP contribution in [0, 0.1) is 18.7 Å². The lowest BCUT2D eigenvalue weighted by atomic mass is 10.1. The molecule has 1 saturated heterocycles. The van der Waals surface area contributed by atoms with E-state index in [1.165, 1.54) is 16.8 Å². The van der Waals surface area contributed by atoms with E-state index in [0.717, 1.165) is 31.9 Å². The molecule has 2 aromatic carbocycles. The first-order chi connectivity index (χ1) is 15.1. The molecule has 0 saturated carbocycles. The van der Waals surface area contributed by atoms with Crippen LogP contribution < -0.4 is 14.4 Å². The molecule has 5 rings (SSSR count). The van der Waals surface area contributed by atoms with Gasteiger partial charge in [-0.2, -0.15) is 0 Å². The Hall–Kier alpha value is -2.84. The molecule has 0 aliphatic carbocycles. The maximum Gasteiger partial charge on any atom is 0.288 e. The van der Waals surface area contributed by atoms with Gasteiger partial charge in [0.2, 0.25) is 6.10 Å². The highest BCUT2D eigenvalue weighted by molar-refractivity contribution is 7.71. The van der Waals surface area contributed by atoms with Gasteiger partial charge in [0.25, 0.3) is 10.7 Å². The highest BCUT2D eigenvalue weighted by Gasteiger charge is 2.28. The highest BCUT2D eigenvalue weighted by Crippen LogP contribution is 2.35. The second kappa shape index (κ2) is 8.36. The van der Waals surface area contributed by atoms with E-state index in [0.29, 0.717) is 29.8 Å². The first-order valence-corrected chi connectivity index (χ1v) is 11.0. The van der Waals surface area contributed by atoms with Crippen molar-refractivity contribution in [3.63, 3.8) is 0 Å². The van der Waals surface area contributed by atoms with E-state index in [4.69, 9.17) is 26.1 Å². The summed E-state index contributed by atoms with van der Waals surface area (Å²) >= 11 is 5.42. The van der Waals surface area contributed by atoms with Crippen molar-refractivity contribution < 1.29 is 13.9 Å². The number of anilines is 1. The molecule has 3 aromatic rings. The maximum absolute atomic E-state index is 6.00. The van der Waals surface area contributed by atoms with Crippen molar-refractivity contribution in [2.24, 2.45) is 0 Å². The van der Waals surface area contributed by atoms with Crippen molar-refractivity contribution in [1.29, 1.82) is 0 Å². The zero-order chi connectivity index (χ0) is 21.4. The molecule has 1 fully saturated rings. The fourth-order valence-electron chi connectivity index (χ4n) is 4.08. The first-order valence-electron chi connectivity index (χ1n) is 10.6. The summed E-state index contributed by atoms with van der Waals surface area (Å²) in [7, 11) is 0. The van der Waals surface area contributed by atoms with Gasteiger partial charge in [-0.25, -0.2) is 4.68 Å². The van der Waals surface area contributed by atoms with Crippen LogP contribution in [0.1, 0.15) is 23.1 Å². The molecule has 0 radical (unpaired) electrons. The number of piperazine rings is 1. The molecule has 7 nitrogen and oxygen atoms in total. The van der Waals surface area contributed by atoms with Crippen LogP contribution in [0.5, 0.6) is 11.5 Å². The lowest BCUT2D eigenvalue weighted by Gasteiger charge is -2.36. The van der Waals surface area contributed by atoms with Gasteiger partial charge in [-0.3, -0.25) is 4.90 Å². The minimum Gasteiger partial charge on any atom is -0.485 e. The van der Waals surface area contributed by atoms with Crippen molar-refractivity contribution in [1.82, 2.24) is 14.7 Å². The molecule has 31 heavy (non-hydrogen) atoms. The maximum atomic E-state index is 6.00. The number of aryl methyl sites for hydroxylation is 1. The molecule has 0 bridgehead atoms. The molecule has 0 N–H and O–H groups in total. The number of benzene rings is 2. The average Bonchev–Trinajstić information content (AvgIpc) is 3.16. The third-order valence-electron chi connectivity index (χ3n) is 6.03. The van der Waals surface area contributed by atoms with E-state index in [-0.39, 0.29) is 0 Å². The standard InChI is InChI=1S/C23H26N4O3S/c1-16-6-5-7-18(17(16)2)26-12-10-25(11-13-26)15-27-23(31)30-22(24-27)21-14-28-19-8-3-4-9-20(19)29-21/h3-9,21H,10-15H2,1-2H3. The lowest BCUT2D eigenvalue weighted by molar-refractivity contribution is 0.0706. The summed E-state index contributed by atoms with van der Waals surface area (Å²) in [6, 6.07) is 14.1. The third kappa shape index (κ3) is 4.05. The average molecular weight is 439 g/mol. The van der Waals surface area contributed by atoms with Crippen LogP contribution in [-0.4, -0.2) is 47.5 Å². The predicted molar refractivity (Wildman–Crippen MR) is 120 cm³/mol. The van der Waals surface area contributed by atoms with Crippen LogP contribution in [0.2, 0.25) is 0 Å². The SMILES string of the molecule is Cc1cccc(N2CCN(Cn3nc(C4COc5ccccc5O4)oc3=S)CC2)c1C. The van der Waals surface area contributed by atoms with Gasteiger partial charge >= 0.3 is 0 Å². The Morgan fingerprint density at radius 1 is 1.00 bits per heavy atom. The zero-order valence-electron chi connectivity index (χ0n) is 17.8. The van der Waals surface area contributed by atoms with Gasteiger partial charge in [0, 0.05) is 31.9 Å². The second-order valence-corrected chi connectivity index (χ2v) is 8.38. The first kappa shape index (κ1) is 20.1. The lowest BCUT2D eigenvalue weighted by Crippen LogP contribution is -2.47. The Balaban J connectivity index is 1.23. The Kier molecular flexibility index (Phi) is 5.41. The van der Waals surface area contributed by atoms with E-state index >= 15 is 0 Å². The van der Waals surface area contributed by atoms with Gasteiger partial charge in [0.15, 0.2) is 11.5 Å². The van der Waals surface area contributed by atoms with Gasteiger partial charge < -0.3 is 18.8 Å². The molecule has 0 spiro atoms. The van der Waals surface area contributed by atoms with Gasteiger partial charge in [-0.15, -0.1) is 5.10 Å². The molecule has 2 aliphatic rings. The summed E-state index contributed by atoms with van der Waals surface area (Å²) in [4.78, 5) is 5.16. The molecular weight excluding hydrogens is 412 g/mol. The third-order valence-corrected chi connectivity index (χ3v) is 6.32. The summed E-state index contributed by atoms with van der Waals surface area (Å²) in [5.74, 6) is 1.88. The summed E-state index contributed by atoms with van der Waals surface area (Å²) in [6.45, 7) is 9.13. The largest absolute Gasteiger partial charge is 0.485 e. The second-order valence-electron chi connectivity index (χ2n) is 8.04. The Labute approximate surface area is 186 Å². The minimum absolute atomic E-state index is 0.348. The highest BCUT2D eigenvalue weighted by atomic mass is 32.1. The van der Waals surface area contributed by atoms with Crippen molar-refractivity contribution in [2.75, 3.05) is 37.7 Å². The van der Waals surface area contributed by atoms with Crippen LogP contribution in [-0.2, 0) is 6.67 Å². The van der Waals surface area contributed by atoms with Crippen molar-refractivity contribution in [2.45, 2.75) is 26.6 Å². The van der Waals surface area contributed by atoms with Crippen LogP contribution in [0.15, 0.2) is 46.9 Å². The van der Waals surface area contributed by atoms with Crippen molar-refractivity contribution >= 4 is 17.9 Å². The fourth-order valence-corrected chi connectivity index (χ4v) is 4.26. The van der Waals surface area contributed by atoms with E-state index in [9.17, 15) is 0 Å². The van der Waals surface area contributed by atoms with Crippen LogP contribution in [0.25, 0.3) is 0 Å². The predicted octanol–water partition coefficient (Wildman–Crippen LogP) is 4.11. The van der Waals surface area contributed by atoms with E-state index < -0.39 is 6.10 Å². The molecule has 1 aromatic heterocycles. The van der Waals surface area contributed by atoms with Crippen molar-refractivity contribution in [3.8, 4) is 11.5 Å². The Bertz CT molecular complexity index is 1130. The minimum atomic E-state index is -0.404. The molecule has 8 heteroatoms. The Morgan fingerprint density at radius 3 is 2.58 bits per heavy atom. The summed E-state index contributed by atoms with van der Waals surface area (Å²) in [5, 5.41) is 4.59. The summed E-state index contributed by atoms with van der Waals surface area (Å²) < 4.78 is 19.3. The summed E-state index contributed by atoms with van der Waals surface area (Å²) in [5.41, 5.74) is 4.02. The fraction of sp³-hybridized carbons (Fsp3) is 0.391. The number of para-hydroxylation sites is 2. The van der Waals surface area contributed by atoms with Gasteiger partial charge in [-0.1, -0.05) is 24.3 Å². The number of fused-ring (bicyclic) bond motifs is 1. The molecule has 2 aliphatic heterocycles. The zero-order valence-corrected chi connectivity index (χ0v) is 18.6. The number of nitrogens with zero attached hydrogens (tertiary/aromatic N) is 4. The van der Waals surface area contributed by atoms with Gasteiger partial charge in [0.05, 0.1) is 6.67 Å². The quantitative estimate of drug-likeness (QED) is 0.568. The Morgan fingerprint density at radius 2 is 1.77 bits per heavy atom. The monoisotopic (exact) mass is 438 g/mol. The smallest absolute Gasteiger partial charge is 0.288 e. The number of aromatic nitrogens is 2. The van der Waals surface area contributed by atoms with Gasteiger partial charge in [-0.05, 0) is 55.4 Å². The van der Waals surface area contributed by atoms with E-state index in [1.807, 2.05) is 24.3 Å². The number of ether oxygens (including phenoxy) is 2. The molecule has 0 amide bonds. The van der Waals surface area contributed by atoms with Gasteiger partial charge in [0.1, 0.15) is 6.61 Å². The molecule has 3 heterocycles. The molecule has 1 atom stereocenters. The number of hydrogen-bond acceptors (Lipinski definition) is 7.